The third-order valence-corrected chi connectivity index (χ3v) is 2.51. The van der Waals surface area contributed by atoms with Crippen LogP contribution in [0.25, 0.3) is 0 Å². The molecule has 14 heavy (non-hydrogen) atoms. The van der Waals surface area contributed by atoms with Crippen molar-refractivity contribution in [2.24, 2.45) is 5.41 Å². The summed E-state index contributed by atoms with van der Waals surface area (Å²) in [6, 6.07) is 7.74. The summed E-state index contributed by atoms with van der Waals surface area (Å²) in [6.07, 6.45) is 0. The first kappa shape index (κ1) is 9.06. The van der Waals surface area contributed by atoms with Gasteiger partial charge in [-0.25, -0.2) is 0 Å². The summed E-state index contributed by atoms with van der Waals surface area (Å²) >= 11 is 0. The highest BCUT2D eigenvalue weighted by atomic mass is 16.2. The van der Waals surface area contributed by atoms with E-state index in [4.69, 9.17) is 0 Å². The van der Waals surface area contributed by atoms with Crippen LogP contribution in [0.1, 0.15) is 13.8 Å². The summed E-state index contributed by atoms with van der Waals surface area (Å²) in [5, 5.41) is 6.17. The smallest absolute Gasteiger partial charge is 0.231 e. The standard InChI is InChI=1S/C11H14N2O/c1-11(2)7-12-8-5-3-4-6-9(8)13-10(11)14/h3-6,12H,7H2,1-2H3,(H,13,14). The van der Waals surface area contributed by atoms with E-state index in [0.717, 1.165) is 11.4 Å². The Morgan fingerprint density at radius 3 is 2.57 bits per heavy atom. The van der Waals surface area contributed by atoms with Crippen LogP contribution in [0.2, 0.25) is 0 Å². The molecule has 0 aliphatic carbocycles. The molecule has 0 saturated heterocycles. The molecule has 0 radical (unpaired) electrons. The van der Waals surface area contributed by atoms with Crippen molar-refractivity contribution in [3.63, 3.8) is 0 Å². The molecule has 3 nitrogen and oxygen atoms in total. The van der Waals surface area contributed by atoms with Gasteiger partial charge in [0.2, 0.25) is 5.91 Å². The van der Waals surface area contributed by atoms with E-state index >= 15 is 0 Å². The molecule has 1 aromatic carbocycles. The average Bonchev–Trinajstić information content (AvgIpc) is 2.26. The first-order chi connectivity index (χ1) is 6.59. The average molecular weight is 190 g/mol. The Morgan fingerprint density at radius 2 is 1.86 bits per heavy atom. The SMILES string of the molecule is CC1(C)CNc2ccccc2NC1=O. The van der Waals surface area contributed by atoms with Crippen LogP contribution in [-0.2, 0) is 4.79 Å². The molecule has 1 amide bonds. The van der Waals surface area contributed by atoms with Gasteiger partial charge in [0.1, 0.15) is 0 Å². The zero-order valence-corrected chi connectivity index (χ0v) is 8.42. The molecule has 0 aromatic heterocycles. The van der Waals surface area contributed by atoms with Gasteiger partial charge < -0.3 is 10.6 Å². The number of carbonyl (C=O) groups is 1. The maximum absolute atomic E-state index is 11.7. The fourth-order valence-electron chi connectivity index (χ4n) is 1.43. The molecule has 0 unspecified atom stereocenters. The van der Waals surface area contributed by atoms with Crippen LogP contribution in [-0.4, -0.2) is 12.5 Å². The van der Waals surface area contributed by atoms with Crippen LogP contribution >= 0.6 is 0 Å². The monoisotopic (exact) mass is 190 g/mol. The summed E-state index contributed by atoms with van der Waals surface area (Å²) in [4.78, 5) is 11.7. The Balaban J connectivity index is 2.38. The van der Waals surface area contributed by atoms with Gasteiger partial charge in [0, 0.05) is 6.54 Å². The Kier molecular flexibility index (Phi) is 1.95. The highest BCUT2D eigenvalue weighted by Gasteiger charge is 2.30. The number of fused-ring (bicyclic) bond motifs is 1. The van der Waals surface area contributed by atoms with Gasteiger partial charge in [-0.05, 0) is 26.0 Å². The molecule has 1 aromatic rings. The topological polar surface area (TPSA) is 41.1 Å². The van der Waals surface area contributed by atoms with Crippen molar-refractivity contribution in [3.8, 4) is 0 Å². The summed E-state index contributed by atoms with van der Waals surface area (Å²) in [7, 11) is 0. The van der Waals surface area contributed by atoms with Gasteiger partial charge in [0.15, 0.2) is 0 Å². The fourth-order valence-corrected chi connectivity index (χ4v) is 1.43. The Bertz CT molecular complexity index is 371. The predicted molar refractivity (Wildman–Crippen MR) is 57.3 cm³/mol. The molecular weight excluding hydrogens is 176 g/mol. The molecule has 0 fully saturated rings. The third kappa shape index (κ3) is 1.45. The van der Waals surface area contributed by atoms with Gasteiger partial charge in [-0.1, -0.05) is 12.1 Å². The van der Waals surface area contributed by atoms with E-state index in [9.17, 15) is 4.79 Å². The lowest BCUT2D eigenvalue weighted by Crippen LogP contribution is -2.34. The number of hydrogen-bond donors (Lipinski definition) is 2. The highest BCUT2D eigenvalue weighted by molar-refractivity contribution is 5.99. The highest BCUT2D eigenvalue weighted by Crippen LogP contribution is 2.29. The minimum Gasteiger partial charge on any atom is -0.382 e. The maximum atomic E-state index is 11.7. The molecule has 3 heteroatoms. The summed E-state index contributed by atoms with van der Waals surface area (Å²) in [5.74, 6) is 0.0648. The number of para-hydroxylation sites is 2. The molecule has 0 bridgehead atoms. The van der Waals surface area contributed by atoms with Crippen LogP contribution in [0.15, 0.2) is 24.3 Å². The van der Waals surface area contributed by atoms with E-state index in [2.05, 4.69) is 10.6 Å². The molecule has 1 aliphatic rings. The van der Waals surface area contributed by atoms with Crippen LogP contribution in [0.5, 0.6) is 0 Å². The fraction of sp³-hybridized carbons (Fsp3) is 0.364. The normalized spacial score (nSPS) is 18.9. The molecular formula is C11H14N2O. The zero-order valence-electron chi connectivity index (χ0n) is 8.42. The number of carbonyl (C=O) groups excluding carboxylic acids is 1. The molecule has 1 aliphatic heterocycles. The van der Waals surface area contributed by atoms with Gasteiger partial charge in [-0.15, -0.1) is 0 Å². The second-order valence-corrected chi connectivity index (χ2v) is 4.24. The zero-order chi connectivity index (χ0) is 10.2. The number of nitrogens with one attached hydrogen (secondary N) is 2. The van der Waals surface area contributed by atoms with Crippen molar-refractivity contribution in [2.45, 2.75) is 13.8 Å². The molecule has 0 saturated carbocycles. The molecule has 2 N–H and O–H groups in total. The van der Waals surface area contributed by atoms with Gasteiger partial charge in [-0.3, -0.25) is 4.79 Å². The van der Waals surface area contributed by atoms with Gasteiger partial charge in [-0.2, -0.15) is 0 Å². The predicted octanol–water partition coefficient (Wildman–Crippen LogP) is 2.08. The van der Waals surface area contributed by atoms with Crippen molar-refractivity contribution >= 4 is 17.3 Å². The summed E-state index contributed by atoms with van der Waals surface area (Å²) in [6.45, 7) is 4.53. The third-order valence-electron chi connectivity index (χ3n) is 2.51. The Hall–Kier alpha value is -1.51. The Morgan fingerprint density at radius 1 is 1.21 bits per heavy atom. The summed E-state index contributed by atoms with van der Waals surface area (Å²) < 4.78 is 0. The number of amides is 1. The maximum Gasteiger partial charge on any atom is 0.231 e. The van der Waals surface area contributed by atoms with E-state index in [0.29, 0.717) is 6.54 Å². The number of benzene rings is 1. The molecule has 0 spiro atoms. The van der Waals surface area contributed by atoms with E-state index in [1.54, 1.807) is 0 Å². The van der Waals surface area contributed by atoms with E-state index in [1.807, 2.05) is 38.1 Å². The molecule has 74 valence electrons. The van der Waals surface area contributed by atoms with Crippen molar-refractivity contribution in [1.29, 1.82) is 0 Å². The molecule has 2 rings (SSSR count). The molecule has 0 atom stereocenters. The number of rotatable bonds is 0. The quantitative estimate of drug-likeness (QED) is 0.657. The second kappa shape index (κ2) is 3.01. The minimum atomic E-state index is -0.362. The van der Waals surface area contributed by atoms with Crippen LogP contribution in [0.3, 0.4) is 0 Å². The van der Waals surface area contributed by atoms with Gasteiger partial charge >= 0.3 is 0 Å². The van der Waals surface area contributed by atoms with Crippen molar-refractivity contribution in [2.75, 3.05) is 17.2 Å². The Labute approximate surface area is 83.5 Å². The first-order valence-corrected chi connectivity index (χ1v) is 4.74. The van der Waals surface area contributed by atoms with Crippen LogP contribution < -0.4 is 10.6 Å². The largest absolute Gasteiger partial charge is 0.382 e. The van der Waals surface area contributed by atoms with E-state index in [1.165, 1.54) is 0 Å². The molecule has 1 heterocycles. The lowest BCUT2D eigenvalue weighted by molar-refractivity contribution is -0.123. The van der Waals surface area contributed by atoms with Gasteiger partial charge in [0.05, 0.1) is 16.8 Å². The first-order valence-electron chi connectivity index (χ1n) is 4.74. The lowest BCUT2D eigenvalue weighted by atomic mass is 9.93. The second-order valence-electron chi connectivity index (χ2n) is 4.24. The van der Waals surface area contributed by atoms with Crippen molar-refractivity contribution in [1.82, 2.24) is 0 Å². The van der Waals surface area contributed by atoms with Crippen molar-refractivity contribution in [3.05, 3.63) is 24.3 Å². The van der Waals surface area contributed by atoms with Crippen LogP contribution in [0, 0.1) is 5.41 Å². The minimum absolute atomic E-state index is 0.0648. The van der Waals surface area contributed by atoms with Crippen LogP contribution in [0.4, 0.5) is 11.4 Å². The van der Waals surface area contributed by atoms with E-state index < -0.39 is 0 Å². The van der Waals surface area contributed by atoms with Gasteiger partial charge in [0.25, 0.3) is 0 Å². The van der Waals surface area contributed by atoms with Crippen molar-refractivity contribution < 1.29 is 4.79 Å². The lowest BCUT2D eigenvalue weighted by Gasteiger charge is -2.19. The number of hydrogen-bond acceptors (Lipinski definition) is 2. The summed E-state index contributed by atoms with van der Waals surface area (Å²) in [5.41, 5.74) is 1.49. The van der Waals surface area contributed by atoms with E-state index in [-0.39, 0.29) is 11.3 Å². The number of anilines is 2.